The molecule has 3 rings (SSSR count). The van der Waals surface area contributed by atoms with Gasteiger partial charge in [-0.25, -0.2) is 14.8 Å². The van der Waals surface area contributed by atoms with Gasteiger partial charge in [0.25, 0.3) is 0 Å². The van der Waals surface area contributed by atoms with Crippen LogP contribution in [-0.4, -0.2) is 29.2 Å². The highest BCUT2D eigenvalue weighted by Crippen LogP contribution is 2.30. The van der Waals surface area contributed by atoms with E-state index < -0.39 is 5.97 Å². The summed E-state index contributed by atoms with van der Waals surface area (Å²) in [6.07, 6.45) is 1.40. The van der Waals surface area contributed by atoms with Crippen molar-refractivity contribution in [2.75, 3.05) is 18.5 Å². The first-order chi connectivity index (χ1) is 12.7. The summed E-state index contributed by atoms with van der Waals surface area (Å²) in [5.41, 5.74) is 1.68. The summed E-state index contributed by atoms with van der Waals surface area (Å²) >= 11 is 0. The van der Waals surface area contributed by atoms with Gasteiger partial charge in [-0.3, -0.25) is 0 Å². The molecular weight excluding hydrogens is 334 g/mol. The molecule has 7 heteroatoms. The summed E-state index contributed by atoms with van der Waals surface area (Å²) in [4.78, 5) is 20.7. The van der Waals surface area contributed by atoms with Gasteiger partial charge in [0, 0.05) is 12.1 Å². The monoisotopic (exact) mass is 355 g/mol. The summed E-state index contributed by atoms with van der Waals surface area (Å²) in [6, 6.07) is 7.77. The smallest absolute Gasteiger partial charge is 0.342 e. The van der Waals surface area contributed by atoms with Gasteiger partial charge in [-0.15, -0.1) is 0 Å². The predicted octanol–water partition coefficient (Wildman–Crippen LogP) is 3.72. The number of para-hydroxylation sites is 1. The van der Waals surface area contributed by atoms with Gasteiger partial charge < -0.3 is 19.2 Å². The van der Waals surface area contributed by atoms with Gasteiger partial charge in [0.15, 0.2) is 0 Å². The van der Waals surface area contributed by atoms with Crippen molar-refractivity contribution in [1.29, 1.82) is 0 Å². The average Bonchev–Trinajstić information content (AvgIpc) is 2.98. The minimum atomic E-state index is -0.448. The minimum absolute atomic E-state index is 0.281. The molecule has 1 aromatic carbocycles. The molecule has 0 atom stereocenters. The van der Waals surface area contributed by atoms with Gasteiger partial charge in [-0.05, 0) is 26.8 Å². The Labute approximate surface area is 151 Å². The number of hydrogen-bond donors (Lipinski definition) is 1. The molecule has 26 heavy (non-hydrogen) atoms. The van der Waals surface area contributed by atoms with Gasteiger partial charge in [0.1, 0.15) is 29.2 Å². The highest BCUT2D eigenvalue weighted by atomic mass is 16.5. The van der Waals surface area contributed by atoms with Gasteiger partial charge in [-0.1, -0.05) is 18.2 Å². The molecule has 0 aliphatic rings. The fourth-order valence-electron chi connectivity index (χ4n) is 2.75. The first-order valence-corrected chi connectivity index (χ1v) is 8.51. The number of aryl methyl sites for hydroxylation is 1. The maximum atomic E-state index is 12.3. The number of ether oxygens (including phenoxy) is 2. The normalized spacial score (nSPS) is 10.7. The number of fused-ring (bicyclic) bond motifs is 1. The van der Waals surface area contributed by atoms with Crippen LogP contribution in [0.15, 0.2) is 35.0 Å². The Morgan fingerprint density at radius 2 is 2.00 bits per heavy atom. The number of esters is 1. The van der Waals surface area contributed by atoms with Gasteiger partial charge in [-0.2, -0.15) is 0 Å². The molecule has 2 heterocycles. The highest BCUT2D eigenvalue weighted by Gasteiger charge is 2.23. The zero-order valence-corrected chi connectivity index (χ0v) is 15.0. The van der Waals surface area contributed by atoms with Crippen molar-refractivity contribution < 1.29 is 18.7 Å². The zero-order chi connectivity index (χ0) is 18.5. The van der Waals surface area contributed by atoms with Crippen LogP contribution in [0.1, 0.15) is 35.5 Å². The van der Waals surface area contributed by atoms with Crippen LogP contribution in [0.4, 0.5) is 5.82 Å². The van der Waals surface area contributed by atoms with Gasteiger partial charge in [0.2, 0.25) is 5.71 Å². The lowest BCUT2D eigenvalue weighted by Gasteiger charge is -2.12. The first kappa shape index (κ1) is 17.7. The number of carbonyl (C=O) groups is 1. The maximum Gasteiger partial charge on any atom is 0.342 e. The lowest BCUT2D eigenvalue weighted by molar-refractivity contribution is 0.0526. The Hall–Kier alpha value is -3.09. The first-order valence-electron chi connectivity index (χ1n) is 8.51. The molecule has 0 aliphatic heterocycles. The summed E-state index contributed by atoms with van der Waals surface area (Å²) in [5, 5.41) is 3.78. The summed E-state index contributed by atoms with van der Waals surface area (Å²) in [5.74, 6) is 1.33. The minimum Gasteiger partial charge on any atom is -0.494 e. The van der Waals surface area contributed by atoms with E-state index in [1.54, 1.807) is 13.8 Å². The van der Waals surface area contributed by atoms with Crippen LogP contribution in [0.25, 0.3) is 11.1 Å². The zero-order valence-electron chi connectivity index (χ0n) is 15.0. The van der Waals surface area contributed by atoms with E-state index >= 15 is 0 Å². The SMILES string of the molecule is CCOC(=O)c1c(C)oc2ncnc(NCc3ccccc3OCC)c12. The van der Waals surface area contributed by atoms with E-state index in [9.17, 15) is 4.79 Å². The molecule has 0 unspecified atom stereocenters. The van der Waals surface area contributed by atoms with E-state index in [0.29, 0.717) is 41.4 Å². The molecule has 0 bridgehead atoms. The van der Waals surface area contributed by atoms with Crippen LogP contribution >= 0.6 is 0 Å². The lowest BCUT2D eigenvalue weighted by Crippen LogP contribution is -2.08. The van der Waals surface area contributed by atoms with Crippen LogP contribution in [0.3, 0.4) is 0 Å². The number of anilines is 1. The van der Waals surface area contributed by atoms with Crippen molar-refractivity contribution in [3.8, 4) is 5.75 Å². The van der Waals surface area contributed by atoms with Gasteiger partial charge in [0.05, 0.1) is 18.6 Å². The van der Waals surface area contributed by atoms with Crippen LogP contribution in [0.2, 0.25) is 0 Å². The number of furan rings is 1. The van der Waals surface area contributed by atoms with Gasteiger partial charge >= 0.3 is 5.97 Å². The Kier molecular flexibility index (Phi) is 5.36. The molecule has 0 saturated heterocycles. The van der Waals surface area contributed by atoms with Crippen molar-refractivity contribution in [3.63, 3.8) is 0 Å². The molecule has 7 nitrogen and oxygen atoms in total. The molecule has 0 fully saturated rings. The summed E-state index contributed by atoms with van der Waals surface area (Å²) < 4.78 is 16.4. The molecule has 0 amide bonds. The second-order valence-corrected chi connectivity index (χ2v) is 5.55. The fraction of sp³-hybridized carbons (Fsp3) is 0.316. The Morgan fingerprint density at radius 1 is 1.19 bits per heavy atom. The molecule has 0 saturated carbocycles. The maximum absolute atomic E-state index is 12.3. The Morgan fingerprint density at radius 3 is 2.77 bits per heavy atom. The average molecular weight is 355 g/mol. The van der Waals surface area contributed by atoms with E-state index in [0.717, 1.165) is 11.3 Å². The third kappa shape index (κ3) is 3.46. The topological polar surface area (TPSA) is 86.5 Å². The third-order valence-electron chi connectivity index (χ3n) is 3.86. The molecule has 1 N–H and O–H groups in total. The number of nitrogens with one attached hydrogen (secondary N) is 1. The number of carbonyl (C=O) groups excluding carboxylic acids is 1. The Bertz CT molecular complexity index is 920. The number of rotatable bonds is 7. The van der Waals surface area contributed by atoms with Crippen LogP contribution < -0.4 is 10.1 Å². The van der Waals surface area contributed by atoms with Crippen LogP contribution in [0.5, 0.6) is 5.75 Å². The molecule has 0 spiro atoms. The summed E-state index contributed by atoms with van der Waals surface area (Å²) in [7, 11) is 0. The van der Waals surface area contributed by atoms with E-state index in [4.69, 9.17) is 13.9 Å². The predicted molar refractivity (Wildman–Crippen MR) is 97.4 cm³/mol. The van der Waals surface area contributed by atoms with E-state index in [1.807, 2.05) is 31.2 Å². The van der Waals surface area contributed by atoms with Crippen LogP contribution in [-0.2, 0) is 11.3 Å². The van der Waals surface area contributed by atoms with E-state index in [1.165, 1.54) is 6.33 Å². The van der Waals surface area contributed by atoms with Crippen molar-refractivity contribution in [3.05, 3.63) is 47.5 Å². The second-order valence-electron chi connectivity index (χ2n) is 5.55. The molecule has 2 aromatic heterocycles. The van der Waals surface area contributed by atoms with E-state index in [2.05, 4.69) is 15.3 Å². The van der Waals surface area contributed by atoms with Crippen molar-refractivity contribution >= 4 is 22.9 Å². The molecular formula is C19H21N3O4. The number of aromatic nitrogens is 2. The van der Waals surface area contributed by atoms with Crippen molar-refractivity contribution in [2.45, 2.75) is 27.3 Å². The molecule has 3 aromatic rings. The highest BCUT2D eigenvalue weighted by molar-refractivity contribution is 6.07. The fourth-order valence-corrected chi connectivity index (χ4v) is 2.75. The quantitative estimate of drug-likeness (QED) is 0.646. The summed E-state index contributed by atoms with van der Waals surface area (Å²) in [6.45, 7) is 6.76. The standard InChI is InChI=1S/C19H21N3O4/c1-4-24-14-9-7-6-8-13(14)10-20-17-16-15(19(23)25-5-2)12(3)26-18(16)22-11-21-17/h6-9,11H,4-5,10H2,1-3H3,(H,20,21,22). The molecule has 0 radical (unpaired) electrons. The van der Waals surface area contributed by atoms with Crippen molar-refractivity contribution in [1.82, 2.24) is 9.97 Å². The number of nitrogens with zero attached hydrogens (tertiary/aromatic N) is 2. The van der Waals surface area contributed by atoms with Crippen LogP contribution in [0, 0.1) is 6.92 Å². The largest absolute Gasteiger partial charge is 0.494 e. The lowest BCUT2D eigenvalue weighted by atomic mass is 10.1. The van der Waals surface area contributed by atoms with E-state index in [-0.39, 0.29) is 6.61 Å². The molecule has 0 aliphatic carbocycles. The second kappa shape index (κ2) is 7.86. The van der Waals surface area contributed by atoms with Crippen molar-refractivity contribution in [2.24, 2.45) is 0 Å². The molecule has 136 valence electrons. The number of hydrogen-bond acceptors (Lipinski definition) is 7. The number of benzene rings is 1. The Balaban J connectivity index is 1.95. The third-order valence-corrected chi connectivity index (χ3v) is 3.86.